The van der Waals surface area contributed by atoms with Gasteiger partial charge in [0.25, 0.3) is 5.91 Å². The van der Waals surface area contributed by atoms with E-state index in [0.29, 0.717) is 22.4 Å². The van der Waals surface area contributed by atoms with Crippen LogP contribution in [0.4, 0.5) is 18.9 Å². The van der Waals surface area contributed by atoms with Gasteiger partial charge in [-0.2, -0.15) is 13.2 Å². The molecule has 7 nitrogen and oxygen atoms in total. The number of amides is 1. The normalized spacial score (nSPS) is 19.3. The Morgan fingerprint density at radius 2 is 2.00 bits per heavy atom. The molecule has 0 saturated heterocycles. The van der Waals surface area contributed by atoms with Crippen LogP contribution >= 0.6 is 0 Å². The van der Waals surface area contributed by atoms with Gasteiger partial charge in [-0.3, -0.25) is 9.78 Å². The summed E-state index contributed by atoms with van der Waals surface area (Å²) in [5.74, 6) is 6.50. The minimum absolute atomic E-state index is 0.202. The van der Waals surface area contributed by atoms with Crippen molar-refractivity contribution in [1.82, 2.24) is 15.0 Å². The second-order valence-electron chi connectivity index (χ2n) is 8.15. The number of carbonyl (C=O) groups is 1. The highest BCUT2D eigenvalue weighted by Gasteiger charge is 2.33. The zero-order valence-corrected chi connectivity index (χ0v) is 18.7. The lowest BCUT2D eigenvalue weighted by atomic mass is 9.84. The maximum atomic E-state index is 12.9. The van der Waals surface area contributed by atoms with Crippen LogP contribution in [0.3, 0.4) is 0 Å². The molecule has 0 radical (unpaired) electrons. The van der Waals surface area contributed by atoms with E-state index in [1.807, 2.05) is 0 Å². The van der Waals surface area contributed by atoms with Crippen LogP contribution < -0.4 is 26.3 Å². The minimum atomic E-state index is -4.71. The summed E-state index contributed by atoms with van der Waals surface area (Å²) in [6.07, 6.45) is 3.99. The molecule has 1 heterocycles. The maximum Gasteiger partial charge on any atom is 0.434 e. The average Bonchev–Trinajstić information content (AvgIpc) is 2.80. The van der Waals surface area contributed by atoms with Crippen LogP contribution in [0.15, 0.2) is 24.5 Å². The average molecular weight is 464 g/mol. The van der Waals surface area contributed by atoms with Gasteiger partial charge < -0.3 is 15.1 Å². The summed E-state index contributed by atoms with van der Waals surface area (Å²) in [4.78, 5) is 19.4. The van der Waals surface area contributed by atoms with E-state index in [0.717, 1.165) is 37.8 Å². The van der Waals surface area contributed by atoms with Gasteiger partial charge in [0.05, 0.1) is 25.2 Å². The molecule has 178 valence electrons. The zero-order valence-electron chi connectivity index (χ0n) is 18.7. The number of hydrazine groups is 1. The van der Waals surface area contributed by atoms with E-state index >= 15 is 0 Å². The number of hydrogen-bond acceptors (Lipinski definition) is 6. The van der Waals surface area contributed by atoms with Crippen LogP contribution in [0.25, 0.3) is 12.8 Å². The fourth-order valence-corrected chi connectivity index (χ4v) is 3.94. The van der Waals surface area contributed by atoms with Gasteiger partial charge in [-0.15, -0.1) is 0 Å². The molecule has 2 aromatic rings. The van der Waals surface area contributed by atoms with E-state index in [9.17, 15) is 18.0 Å². The van der Waals surface area contributed by atoms with E-state index in [1.165, 1.54) is 13.5 Å². The summed E-state index contributed by atoms with van der Waals surface area (Å²) < 4.78 is 44.0. The first kappa shape index (κ1) is 24.5. The van der Waals surface area contributed by atoms with Crippen LogP contribution in [0, 0.1) is 5.92 Å². The Kier molecular flexibility index (Phi) is 7.57. The Balaban J connectivity index is 1.86. The van der Waals surface area contributed by atoms with Crippen molar-refractivity contribution in [2.75, 3.05) is 12.4 Å². The van der Waals surface area contributed by atoms with Crippen molar-refractivity contribution in [2.24, 2.45) is 11.8 Å². The van der Waals surface area contributed by atoms with Crippen LogP contribution in [0.1, 0.15) is 55.2 Å². The number of halogens is 3. The fraction of sp³-hybridized carbons (Fsp3) is 0.435. The Morgan fingerprint density at radius 3 is 2.61 bits per heavy atom. The van der Waals surface area contributed by atoms with Gasteiger partial charge in [0.15, 0.2) is 5.69 Å². The first-order valence-electron chi connectivity index (χ1n) is 10.7. The molecule has 0 unspecified atom stereocenters. The van der Waals surface area contributed by atoms with E-state index in [2.05, 4.69) is 28.8 Å². The van der Waals surface area contributed by atoms with Crippen molar-refractivity contribution in [3.8, 4) is 5.75 Å². The number of nitrogens with one attached hydrogen (secondary N) is 1. The summed E-state index contributed by atoms with van der Waals surface area (Å²) in [5, 5.41) is 5.50. The SMILES string of the molecule is C=c1cc(OC)c(NC(=O)c2cncc(C(F)(F)F)n2)c/c1=C/N(N)[C@H]1CC[C@H](CC)CC1. The lowest BCUT2D eigenvalue weighted by molar-refractivity contribution is -0.141. The molecule has 3 rings (SSSR count). The van der Waals surface area contributed by atoms with Crippen LogP contribution in [-0.2, 0) is 6.18 Å². The number of alkyl halides is 3. The Labute approximate surface area is 190 Å². The molecule has 1 aromatic carbocycles. The minimum Gasteiger partial charge on any atom is -0.495 e. The van der Waals surface area contributed by atoms with Crippen LogP contribution in [-0.4, -0.2) is 34.0 Å². The van der Waals surface area contributed by atoms with Crippen molar-refractivity contribution in [1.29, 1.82) is 0 Å². The van der Waals surface area contributed by atoms with E-state index in [1.54, 1.807) is 23.3 Å². The Bertz CT molecular complexity index is 1100. The monoisotopic (exact) mass is 463 g/mol. The third-order valence-corrected chi connectivity index (χ3v) is 5.97. The number of benzene rings is 1. The van der Waals surface area contributed by atoms with E-state index < -0.39 is 23.5 Å². The molecule has 0 spiro atoms. The number of ether oxygens (including phenoxy) is 1. The Morgan fingerprint density at radius 1 is 1.30 bits per heavy atom. The number of methoxy groups -OCH3 is 1. The van der Waals surface area contributed by atoms with E-state index in [4.69, 9.17) is 10.6 Å². The topological polar surface area (TPSA) is 93.4 Å². The fourth-order valence-electron chi connectivity index (χ4n) is 3.94. The van der Waals surface area contributed by atoms with Gasteiger partial charge in [-0.05, 0) is 49.0 Å². The number of carbonyl (C=O) groups excluding carboxylic acids is 1. The van der Waals surface area contributed by atoms with Crippen LogP contribution in [0.5, 0.6) is 5.75 Å². The van der Waals surface area contributed by atoms with Crippen molar-refractivity contribution < 1.29 is 22.7 Å². The molecule has 3 N–H and O–H groups in total. The lowest BCUT2D eigenvalue weighted by Gasteiger charge is -2.33. The Hall–Kier alpha value is -3.14. The quantitative estimate of drug-likeness (QED) is 0.505. The van der Waals surface area contributed by atoms with Gasteiger partial charge in [-0.25, -0.2) is 10.8 Å². The number of rotatable bonds is 6. The van der Waals surface area contributed by atoms with Crippen LogP contribution in [0.2, 0.25) is 0 Å². The van der Waals surface area contributed by atoms with Gasteiger partial charge >= 0.3 is 6.18 Å². The largest absolute Gasteiger partial charge is 0.495 e. The summed E-state index contributed by atoms with van der Waals surface area (Å²) in [6, 6.07) is 3.45. The molecule has 1 aliphatic carbocycles. The molecule has 10 heteroatoms. The number of anilines is 1. The number of nitrogens with zero attached hydrogens (tertiary/aromatic N) is 3. The zero-order chi connectivity index (χ0) is 24.2. The number of nitrogens with two attached hydrogens (primary N) is 1. The molecule has 1 aliphatic rings. The third kappa shape index (κ3) is 6.01. The van der Waals surface area contributed by atoms with Gasteiger partial charge in [0.2, 0.25) is 0 Å². The molecule has 0 atom stereocenters. The first-order valence-corrected chi connectivity index (χ1v) is 10.7. The summed E-state index contributed by atoms with van der Waals surface area (Å²) in [7, 11) is 1.42. The molecular weight excluding hydrogens is 435 g/mol. The maximum absolute atomic E-state index is 12.9. The van der Waals surface area contributed by atoms with E-state index in [-0.39, 0.29) is 11.7 Å². The molecule has 1 amide bonds. The number of hydrogen-bond donors (Lipinski definition) is 2. The van der Waals surface area contributed by atoms with Gasteiger partial charge in [0.1, 0.15) is 11.4 Å². The highest BCUT2D eigenvalue weighted by Crippen LogP contribution is 2.29. The standard InChI is InChI=1S/C23H28F3N5O2/c1-4-15-5-7-17(8-6-15)31(27)13-16-10-18(20(33-3)9-14(16)2)30-22(32)19-11-28-12-21(29-19)23(24,25)26/h9-13,15,17H,2,4-8,27H2,1,3H3,(H,30,32)/b16-13-/t15-,17-. The molecule has 1 aromatic heterocycles. The highest BCUT2D eigenvalue weighted by atomic mass is 19.4. The molecule has 1 saturated carbocycles. The van der Waals surface area contributed by atoms with Crippen molar-refractivity contribution in [3.63, 3.8) is 0 Å². The molecule has 33 heavy (non-hydrogen) atoms. The summed E-state index contributed by atoms with van der Waals surface area (Å²) >= 11 is 0. The molecule has 1 fully saturated rings. The predicted molar refractivity (Wildman–Crippen MR) is 119 cm³/mol. The predicted octanol–water partition coefficient (Wildman–Crippen LogP) is 3.05. The second-order valence-corrected chi connectivity index (χ2v) is 8.15. The number of aromatic nitrogens is 2. The van der Waals surface area contributed by atoms with Crippen molar-refractivity contribution >= 4 is 24.4 Å². The highest BCUT2D eigenvalue weighted by molar-refractivity contribution is 6.03. The lowest BCUT2D eigenvalue weighted by Crippen LogP contribution is -2.41. The molecule has 0 aliphatic heterocycles. The van der Waals surface area contributed by atoms with Crippen molar-refractivity contribution in [3.05, 3.63) is 46.4 Å². The third-order valence-electron chi connectivity index (χ3n) is 5.97. The summed E-state index contributed by atoms with van der Waals surface area (Å²) in [6.45, 7) is 6.22. The summed E-state index contributed by atoms with van der Waals surface area (Å²) in [5.41, 5.74) is -1.46. The first-order chi connectivity index (χ1) is 15.6. The van der Waals surface area contributed by atoms with Gasteiger partial charge in [-0.1, -0.05) is 19.9 Å². The molecular formula is C23H28F3N5O2. The smallest absolute Gasteiger partial charge is 0.434 e. The molecule has 0 bridgehead atoms. The van der Waals surface area contributed by atoms with Crippen molar-refractivity contribution in [2.45, 2.75) is 51.2 Å². The second kappa shape index (κ2) is 10.2. The van der Waals surface area contributed by atoms with Gasteiger partial charge in [0, 0.05) is 17.5 Å².